The van der Waals surface area contributed by atoms with E-state index in [1.54, 1.807) is 0 Å². The Labute approximate surface area is 103 Å². The lowest BCUT2D eigenvalue weighted by Gasteiger charge is -2.45. The maximum atomic E-state index is 6.02. The van der Waals surface area contributed by atoms with Crippen molar-refractivity contribution in [3.05, 3.63) is 34.9 Å². The largest absolute Gasteiger partial charge is 0.311 e. The fraction of sp³-hybridized carbons (Fsp3) is 0.571. The summed E-state index contributed by atoms with van der Waals surface area (Å²) in [6, 6.07) is 8.24. The van der Waals surface area contributed by atoms with E-state index in [1.165, 1.54) is 18.4 Å². The third-order valence-electron chi connectivity index (χ3n) is 3.33. The summed E-state index contributed by atoms with van der Waals surface area (Å²) in [6.45, 7) is 5.74. The van der Waals surface area contributed by atoms with Crippen LogP contribution >= 0.6 is 11.6 Å². The zero-order valence-electron chi connectivity index (χ0n) is 10.1. The summed E-state index contributed by atoms with van der Waals surface area (Å²) in [7, 11) is 0. The van der Waals surface area contributed by atoms with Gasteiger partial charge in [0.25, 0.3) is 0 Å². The van der Waals surface area contributed by atoms with Gasteiger partial charge in [0, 0.05) is 10.6 Å². The van der Waals surface area contributed by atoms with Crippen molar-refractivity contribution in [3.8, 4) is 0 Å². The van der Waals surface area contributed by atoms with Gasteiger partial charge in [-0.15, -0.1) is 0 Å². The minimum Gasteiger partial charge on any atom is -0.311 e. The molecule has 1 fully saturated rings. The predicted octanol–water partition coefficient (Wildman–Crippen LogP) is 3.66. The molecule has 2 heteroatoms. The number of benzene rings is 1. The van der Waals surface area contributed by atoms with E-state index in [4.69, 9.17) is 11.6 Å². The average Bonchev–Trinajstić information content (AvgIpc) is 2.13. The first-order valence-electron chi connectivity index (χ1n) is 6.09. The fourth-order valence-corrected chi connectivity index (χ4v) is 2.91. The Hall–Kier alpha value is -0.530. The molecule has 1 saturated heterocycles. The maximum absolute atomic E-state index is 6.02. The molecule has 1 N–H and O–H groups in total. The first kappa shape index (κ1) is 11.9. The Balaban J connectivity index is 2.06. The highest BCUT2D eigenvalue weighted by Crippen LogP contribution is 2.31. The minimum atomic E-state index is 0.332. The van der Waals surface area contributed by atoms with E-state index in [9.17, 15) is 0 Å². The first-order valence-corrected chi connectivity index (χ1v) is 6.47. The quantitative estimate of drug-likeness (QED) is 0.843. The van der Waals surface area contributed by atoms with Gasteiger partial charge in [0.05, 0.1) is 0 Å². The van der Waals surface area contributed by atoms with Crippen LogP contribution in [0, 0.1) is 5.92 Å². The fourth-order valence-electron chi connectivity index (χ4n) is 2.69. The summed E-state index contributed by atoms with van der Waals surface area (Å²) >= 11 is 6.02. The van der Waals surface area contributed by atoms with Crippen LogP contribution in [0.25, 0.3) is 0 Å². The molecular formula is C14H20ClN. The van der Waals surface area contributed by atoms with E-state index in [0.29, 0.717) is 5.54 Å². The van der Waals surface area contributed by atoms with Crippen molar-refractivity contribution in [2.75, 3.05) is 6.54 Å². The second-order valence-electron chi connectivity index (χ2n) is 5.36. The zero-order valence-corrected chi connectivity index (χ0v) is 10.8. The number of hydrogen-bond acceptors (Lipinski definition) is 1. The van der Waals surface area contributed by atoms with Crippen LogP contribution in [0.4, 0.5) is 0 Å². The topological polar surface area (TPSA) is 12.0 Å². The molecule has 0 amide bonds. The van der Waals surface area contributed by atoms with Gasteiger partial charge in [0.1, 0.15) is 0 Å². The Kier molecular flexibility index (Phi) is 3.56. The molecule has 1 heterocycles. The highest BCUT2D eigenvalue weighted by Gasteiger charge is 2.36. The van der Waals surface area contributed by atoms with Gasteiger partial charge in [0.2, 0.25) is 0 Å². The normalized spacial score (nSPS) is 24.5. The summed E-state index contributed by atoms with van der Waals surface area (Å²) in [4.78, 5) is 0. The summed E-state index contributed by atoms with van der Waals surface area (Å²) < 4.78 is 0. The van der Waals surface area contributed by atoms with E-state index in [2.05, 4.69) is 31.3 Å². The van der Waals surface area contributed by atoms with Crippen LogP contribution in [0.5, 0.6) is 0 Å². The van der Waals surface area contributed by atoms with Gasteiger partial charge < -0.3 is 5.32 Å². The van der Waals surface area contributed by atoms with Crippen LogP contribution in [0.2, 0.25) is 5.02 Å². The second kappa shape index (κ2) is 4.77. The molecule has 0 saturated carbocycles. The van der Waals surface area contributed by atoms with E-state index in [-0.39, 0.29) is 0 Å². The maximum Gasteiger partial charge on any atom is 0.0408 e. The monoisotopic (exact) mass is 237 g/mol. The van der Waals surface area contributed by atoms with Gasteiger partial charge in [-0.3, -0.25) is 0 Å². The highest BCUT2D eigenvalue weighted by molar-refractivity contribution is 6.30. The van der Waals surface area contributed by atoms with Crippen LogP contribution in [0.1, 0.15) is 32.3 Å². The van der Waals surface area contributed by atoms with E-state index in [1.807, 2.05) is 12.1 Å². The van der Waals surface area contributed by atoms with Gasteiger partial charge in [0.15, 0.2) is 0 Å². The molecule has 0 bridgehead atoms. The standard InChI is InChI=1S/C14H20ClN/c1-11(2)9-14(6-7-16-14)10-12-4-3-5-13(15)8-12/h3-5,8,11,16H,6-7,9-10H2,1-2H3. The van der Waals surface area contributed by atoms with Crippen molar-refractivity contribution in [1.82, 2.24) is 5.32 Å². The van der Waals surface area contributed by atoms with Crippen LogP contribution in [-0.4, -0.2) is 12.1 Å². The summed E-state index contributed by atoms with van der Waals surface area (Å²) in [5.74, 6) is 0.743. The number of rotatable bonds is 4. The van der Waals surface area contributed by atoms with Gasteiger partial charge in [-0.05, 0) is 49.4 Å². The summed E-state index contributed by atoms with van der Waals surface area (Å²) in [5.41, 5.74) is 1.68. The molecule has 2 rings (SSSR count). The van der Waals surface area contributed by atoms with Crippen molar-refractivity contribution < 1.29 is 0 Å². The molecule has 1 nitrogen and oxygen atoms in total. The lowest BCUT2D eigenvalue weighted by molar-refractivity contribution is 0.168. The lowest BCUT2D eigenvalue weighted by atomic mass is 9.76. The molecule has 1 aromatic carbocycles. The average molecular weight is 238 g/mol. The molecule has 0 radical (unpaired) electrons. The predicted molar refractivity (Wildman–Crippen MR) is 70.0 cm³/mol. The molecular weight excluding hydrogens is 218 g/mol. The van der Waals surface area contributed by atoms with Gasteiger partial charge >= 0.3 is 0 Å². The van der Waals surface area contributed by atoms with E-state index in [0.717, 1.165) is 23.9 Å². The number of halogens is 1. The molecule has 1 unspecified atom stereocenters. The molecule has 0 spiro atoms. The molecule has 1 aliphatic heterocycles. The van der Waals surface area contributed by atoms with Crippen LogP contribution in [0.15, 0.2) is 24.3 Å². The lowest BCUT2D eigenvalue weighted by Crippen LogP contribution is -2.59. The number of nitrogens with one attached hydrogen (secondary N) is 1. The van der Waals surface area contributed by atoms with Crippen molar-refractivity contribution in [2.45, 2.75) is 38.6 Å². The second-order valence-corrected chi connectivity index (χ2v) is 5.80. The van der Waals surface area contributed by atoms with Gasteiger partial charge in [-0.1, -0.05) is 37.6 Å². The van der Waals surface area contributed by atoms with Crippen LogP contribution in [-0.2, 0) is 6.42 Å². The Morgan fingerprint density at radius 2 is 2.19 bits per heavy atom. The smallest absolute Gasteiger partial charge is 0.0408 e. The highest BCUT2D eigenvalue weighted by atomic mass is 35.5. The van der Waals surface area contributed by atoms with Gasteiger partial charge in [-0.25, -0.2) is 0 Å². The van der Waals surface area contributed by atoms with Gasteiger partial charge in [-0.2, -0.15) is 0 Å². The third kappa shape index (κ3) is 2.78. The molecule has 1 aliphatic rings. The van der Waals surface area contributed by atoms with Crippen LogP contribution < -0.4 is 5.32 Å². The molecule has 0 aromatic heterocycles. The van der Waals surface area contributed by atoms with Crippen molar-refractivity contribution >= 4 is 11.6 Å². The van der Waals surface area contributed by atoms with E-state index >= 15 is 0 Å². The minimum absolute atomic E-state index is 0.332. The molecule has 1 aromatic rings. The third-order valence-corrected chi connectivity index (χ3v) is 3.57. The SMILES string of the molecule is CC(C)CC1(Cc2cccc(Cl)c2)CCN1. The Morgan fingerprint density at radius 1 is 1.44 bits per heavy atom. The first-order chi connectivity index (χ1) is 7.60. The molecule has 1 atom stereocenters. The molecule has 16 heavy (non-hydrogen) atoms. The summed E-state index contributed by atoms with van der Waals surface area (Å²) in [6.07, 6.45) is 3.64. The Bertz CT molecular complexity index is 356. The number of hydrogen-bond donors (Lipinski definition) is 1. The Morgan fingerprint density at radius 3 is 2.69 bits per heavy atom. The van der Waals surface area contributed by atoms with Crippen molar-refractivity contribution in [3.63, 3.8) is 0 Å². The molecule has 88 valence electrons. The van der Waals surface area contributed by atoms with Crippen molar-refractivity contribution in [1.29, 1.82) is 0 Å². The van der Waals surface area contributed by atoms with Crippen molar-refractivity contribution in [2.24, 2.45) is 5.92 Å². The zero-order chi connectivity index (χ0) is 11.6. The summed E-state index contributed by atoms with van der Waals surface area (Å²) in [5, 5.41) is 4.46. The van der Waals surface area contributed by atoms with E-state index < -0.39 is 0 Å². The molecule has 0 aliphatic carbocycles. The van der Waals surface area contributed by atoms with Crippen LogP contribution in [0.3, 0.4) is 0 Å².